The number of carboxylic acid groups (broad SMARTS) is 1. The molecule has 0 aliphatic heterocycles. The standard InChI is InChI=1S/C24H19N5O7/c30-23(31)19(11-25-18-9-10-20(29(33)34)22-21(18)27-36-28-22)26-24(32)35-12-17-15-7-3-1-5-13(15)14-6-2-4-8-16(14)17/h1-10,17,19,25H,11-12H2,(H,26,32)(H,30,31). The van der Waals surface area contributed by atoms with Gasteiger partial charge in [0.15, 0.2) is 5.52 Å². The second-order valence-corrected chi connectivity index (χ2v) is 8.09. The van der Waals surface area contributed by atoms with Gasteiger partial charge in [0.2, 0.25) is 5.52 Å². The fourth-order valence-corrected chi connectivity index (χ4v) is 4.34. The summed E-state index contributed by atoms with van der Waals surface area (Å²) in [5, 5.41) is 33.0. The second-order valence-electron chi connectivity index (χ2n) is 8.09. The van der Waals surface area contributed by atoms with Crippen LogP contribution in [0.25, 0.3) is 22.2 Å². The Morgan fingerprint density at radius 3 is 2.31 bits per heavy atom. The van der Waals surface area contributed by atoms with Crippen molar-refractivity contribution in [2.24, 2.45) is 0 Å². The van der Waals surface area contributed by atoms with Crippen LogP contribution in [0.3, 0.4) is 0 Å². The van der Waals surface area contributed by atoms with E-state index in [-0.39, 0.29) is 41.5 Å². The third-order valence-electron chi connectivity index (χ3n) is 6.02. The van der Waals surface area contributed by atoms with Gasteiger partial charge in [-0.15, -0.1) is 0 Å². The van der Waals surface area contributed by atoms with Crippen LogP contribution in [0, 0.1) is 10.1 Å². The number of nitrogens with one attached hydrogen (secondary N) is 2. The quantitative estimate of drug-likeness (QED) is 0.246. The van der Waals surface area contributed by atoms with Gasteiger partial charge in [-0.25, -0.2) is 14.2 Å². The number of amides is 1. The number of nitro benzene ring substituents is 1. The highest BCUT2D eigenvalue weighted by atomic mass is 16.6. The van der Waals surface area contributed by atoms with Gasteiger partial charge in [0.1, 0.15) is 12.6 Å². The van der Waals surface area contributed by atoms with Crippen molar-refractivity contribution in [2.75, 3.05) is 18.5 Å². The molecule has 0 saturated carbocycles. The molecule has 0 spiro atoms. The molecule has 182 valence electrons. The molecule has 12 heteroatoms. The van der Waals surface area contributed by atoms with Crippen LogP contribution in [0.15, 0.2) is 65.3 Å². The lowest BCUT2D eigenvalue weighted by molar-refractivity contribution is -0.383. The minimum atomic E-state index is -1.36. The fraction of sp³-hybridized carbons (Fsp3) is 0.167. The van der Waals surface area contributed by atoms with Gasteiger partial charge in [-0.2, -0.15) is 0 Å². The summed E-state index contributed by atoms with van der Waals surface area (Å²) >= 11 is 0. The normalized spacial score (nSPS) is 13.0. The summed E-state index contributed by atoms with van der Waals surface area (Å²) in [6.07, 6.45) is -0.886. The summed E-state index contributed by atoms with van der Waals surface area (Å²) in [6.45, 7) is -0.216. The highest BCUT2D eigenvalue weighted by Crippen LogP contribution is 2.44. The Kier molecular flexibility index (Phi) is 5.90. The second kappa shape index (κ2) is 9.33. The Morgan fingerprint density at radius 1 is 1.03 bits per heavy atom. The van der Waals surface area contributed by atoms with E-state index in [4.69, 9.17) is 4.74 Å². The van der Waals surface area contributed by atoms with Crippen LogP contribution in [-0.4, -0.2) is 51.6 Å². The molecule has 5 rings (SSSR count). The van der Waals surface area contributed by atoms with Gasteiger partial charge < -0.3 is 20.5 Å². The zero-order chi connectivity index (χ0) is 25.2. The molecule has 36 heavy (non-hydrogen) atoms. The summed E-state index contributed by atoms with van der Waals surface area (Å²) < 4.78 is 10.0. The van der Waals surface area contributed by atoms with Crippen molar-refractivity contribution in [2.45, 2.75) is 12.0 Å². The number of fused-ring (bicyclic) bond motifs is 4. The number of ether oxygens (including phenoxy) is 1. The van der Waals surface area contributed by atoms with Crippen LogP contribution >= 0.6 is 0 Å². The van der Waals surface area contributed by atoms with Crippen molar-refractivity contribution in [3.63, 3.8) is 0 Å². The number of aromatic nitrogens is 2. The Bertz CT molecular complexity index is 1440. The fourth-order valence-electron chi connectivity index (χ4n) is 4.34. The molecule has 1 aromatic heterocycles. The van der Waals surface area contributed by atoms with Crippen LogP contribution in [0.1, 0.15) is 17.0 Å². The van der Waals surface area contributed by atoms with E-state index < -0.39 is 23.0 Å². The molecule has 3 aromatic carbocycles. The van der Waals surface area contributed by atoms with Crippen LogP contribution in [0.2, 0.25) is 0 Å². The highest BCUT2D eigenvalue weighted by Gasteiger charge is 2.30. The Morgan fingerprint density at radius 2 is 1.67 bits per heavy atom. The average Bonchev–Trinajstić information content (AvgIpc) is 3.48. The number of non-ortho nitro benzene ring substituents is 1. The SMILES string of the molecule is O=C(NC(CNc1ccc([N+](=O)[O-])c2nonc12)C(=O)O)OCC1c2ccccc2-c2ccccc21. The monoisotopic (exact) mass is 489 g/mol. The maximum absolute atomic E-state index is 12.5. The zero-order valence-corrected chi connectivity index (χ0v) is 18.6. The Balaban J connectivity index is 1.24. The van der Waals surface area contributed by atoms with E-state index in [1.54, 1.807) is 0 Å². The van der Waals surface area contributed by atoms with Crippen molar-refractivity contribution >= 4 is 34.5 Å². The first-order chi connectivity index (χ1) is 17.4. The third-order valence-corrected chi connectivity index (χ3v) is 6.02. The molecular weight excluding hydrogens is 470 g/mol. The van der Waals surface area contributed by atoms with E-state index in [9.17, 15) is 24.8 Å². The van der Waals surface area contributed by atoms with Crippen LogP contribution in [0.4, 0.5) is 16.2 Å². The molecule has 1 atom stereocenters. The van der Waals surface area contributed by atoms with Crippen molar-refractivity contribution in [3.8, 4) is 11.1 Å². The summed E-state index contributed by atoms with van der Waals surface area (Å²) in [5.74, 6) is -1.47. The predicted octanol–water partition coefficient (Wildman–Crippen LogP) is 3.53. The number of carboxylic acids is 1. The van der Waals surface area contributed by atoms with Gasteiger partial charge in [-0.05, 0) is 38.6 Å². The number of carbonyl (C=O) groups is 2. The Hall–Kier alpha value is -5.00. The van der Waals surface area contributed by atoms with Crippen molar-refractivity contribution < 1.29 is 29.0 Å². The molecule has 0 saturated heterocycles. The predicted molar refractivity (Wildman–Crippen MR) is 127 cm³/mol. The number of nitrogens with zero attached hydrogens (tertiary/aromatic N) is 3. The van der Waals surface area contributed by atoms with Gasteiger partial charge in [0.25, 0.3) is 0 Å². The maximum atomic E-state index is 12.5. The molecule has 1 aliphatic rings. The van der Waals surface area contributed by atoms with Gasteiger partial charge >= 0.3 is 17.7 Å². The molecule has 0 bridgehead atoms. The molecule has 1 aliphatic carbocycles. The van der Waals surface area contributed by atoms with E-state index in [1.807, 2.05) is 48.5 Å². The minimum Gasteiger partial charge on any atom is -0.480 e. The summed E-state index contributed by atoms with van der Waals surface area (Å²) in [4.78, 5) is 34.8. The summed E-state index contributed by atoms with van der Waals surface area (Å²) in [6, 6.07) is 16.9. The molecule has 12 nitrogen and oxygen atoms in total. The molecular formula is C24H19N5O7. The smallest absolute Gasteiger partial charge is 0.407 e. The first-order valence-corrected chi connectivity index (χ1v) is 10.9. The van der Waals surface area contributed by atoms with Crippen molar-refractivity contribution in [1.82, 2.24) is 15.6 Å². The number of hydrogen-bond donors (Lipinski definition) is 3. The highest BCUT2D eigenvalue weighted by molar-refractivity contribution is 5.93. The number of hydrogen-bond acceptors (Lipinski definition) is 9. The number of benzene rings is 3. The summed E-state index contributed by atoms with van der Waals surface area (Å²) in [5.41, 5.74) is 4.16. The number of aliphatic carboxylic acids is 1. The average molecular weight is 489 g/mol. The molecule has 1 amide bonds. The largest absolute Gasteiger partial charge is 0.480 e. The first-order valence-electron chi connectivity index (χ1n) is 10.9. The lowest BCUT2D eigenvalue weighted by Gasteiger charge is -2.18. The topological polar surface area (TPSA) is 170 Å². The molecule has 0 radical (unpaired) electrons. The van der Waals surface area contributed by atoms with E-state index in [0.29, 0.717) is 0 Å². The Labute approximate surface area is 203 Å². The van der Waals surface area contributed by atoms with E-state index in [1.165, 1.54) is 12.1 Å². The lowest BCUT2D eigenvalue weighted by Crippen LogP contribution is -2.45. The van der Waals surface area contributed by atoms with E-state index in [2.05, 4.69) is 25.6 Å². The van der Waals surface area contributed by atoms with Crippen molar-refractivity contribution in [3.05, 3.63) is 81.9 Å². The first kappa shape index (κ1) is 22.8. The van der Waals surface area contributed by atoms with Crippen molar-refractivity contribution in [1.29, 1.82) is 0 Å². The van der Waals surface area contributed by atoms with E-state index in [0.717, 1.165) is 22.3 Å². The number of nitro groups is 1. The van der Waals surface area contributed by atoms with Gasteiger partial charge in [0, 0.05) is 18.5 Å². The minimum absolute atomic E-state index is 0.0349. The van der Waals surface area contributed by atoms with Gasteiger partial charge in [-0.3, -0.25) is 10.1 Å². The van der Waals surface area contributed by atoms with Crippen LogP contribution in [0.5, 0.6) is 0 Å². The summed E-state index contributed by atoms with van der Waals surface area (Å²) in [7, 11) is 0. The van der Waals surface area contributed by atoms with Crippen LogP contribution < -0.4 is 10.6 Å². The number of anilines is 1. The van der Waals surface area contributed by atoms with Gasteiger partial charge in [-0.1, -0.05) is 48.5 Å². The third kappa shape index (κ3) is 4.15. The zero-order valence-electron chi connectivity index (χ0n) is 18.6. The number of rotatable bonds is 8. The molecule has 4 aromatic rings. The number of carbonyl (C=O) groups excluding carboxylic acids is 1. The molecule has 0 fully saturated rings. The van der Waals surface area contributed by atoms with Gasteiger partial charge in [0.05, 0.1) is 10.6 Å². The lowest BCUT2D eigenvalue weighted by atomic mass is 9.98. The van der Waals surface area contributed by atoms with E-state index >= 15 is 0 Å². The van der Waals surface area contributed by atoms with Crippen LogP contribution in [-0.2, 0) is 9.53 Å². The molecule has 1 heterocycles. The molecule has 3 N–H and O–H groups in total. The maximum Gasteiger partial charge on any atom is 0.407 e. The number of alkyl carbamates (subject to hydrolysis) is 1. The molecule has 1 unspecified atom stereocenters.